The largest absolute Gasteiger partial charge is 0.457 e. The molecule has 0 aromatic heterocycles. The van der Waals surface area contributed by atoms with Crippen LogP contribution in [-0.2, 0) is 38.0 Å². The fourth-order valence-electron chi connectivity index (χ4n) is 5.33. The summed E-state index contributed by atoms with van der Waals surface area (Å²) in [4.78, 5) is 13.0. The average Bonchev–Trinajstić information content (AvgIpc) is 3.19. The van der Waals surface area contributed by atoms with Crippen LogP contribution in [0.2, 0.25) is 0 Å². The molecule has 0 aliphatic rings. The molecule has 0 aromatic carbocycles. The fraction of sp³-hybridized carbons (Fsp3) is 0.974. The van der Waals surface area contributed by atoms with Crippen molar-refractivity contribution in [1.29, 1.82) is 0 Å². The van der Waals surface area contributed by atoms with Crippen molar-refractivity contribution in [2.75, 3.05) is 92.5 Å². The summed E-state index contributed by atoms with van der Waals surface area (Å²) >= 11 is 0. The minimum atomic E-state index is -1.10. The number of hydrogen-bond acceptors (Lipinski definition) is 16. The van der Waals surface area contributed by atoms with Crippen LogP contribution < -0.4 is 0 Å². The predicted molar refractivity (Wildman–Crippen MR) is 205 cm³/mol. The third-order valence-electron chi connectivity index (χ3n) is 8.62. The molecule has 4 atom stereocenters. The molecule has 0 rings (SSSR count). The Kier molecular flexibility index (Phi) is 38.9. The second kappa shape index (κ2) is 39.7. The molecule has 330 valence electrons. The Morgan fingerprint density at radius 2 is 0.691 bits per heavy atom. The van der Waals surface area contributed by atoms with E-state index in [9.17, 15) is 25.2 Å². The molecule has 0 heterocycles. The lowest BCUT2D eigenvalue weighted by Crippen LogP contribution is -2.38. The van der Waals surface area contributed by atoms with Crippen molar-refractivity contribution >= 4 is 5.97 Å². The molecule has 0 fully saturated rings. The summed E-state index contributed by atoms with van der Waals surface area (Å²) in [6, 6.07) is 0. The van der Waals surface area contributed by atoms with Crippen LogP contribution in [0.3, 0.4) is 0 Å². The molecule has 16 heteroatoms. The van der Waals surface area contributed by atoms with Gasteiger partial charge in [0.2, 0.25) is 0 Å². The van der Waals surface area contributed by atoms with Gasteiger partial charge in [0.15, 0.2) is 0 Å². The fourth-order valence-corrected chi connectivity index (χ4v) is 5.33. The predicted octanol–water partition coefficient (Wildman–Crippen LogP) is 1.41. The second-order valence-corrected chi connectivity index (χ2v) is 14.2. The molecule has 0 aliphatic heterocycles. The van der Waals surface area contributed by atoms with Crippen molar-refractivity contribution in [3.8, 4) is 0 Å². The van der Waals surface area contributed by atoms with Crippen molar-refractivity contribution < 1.29 is 78.8 Å². The zero-order valence-corrected chi connectivity index (χ0v) is 33.6. The number of esters is 1. The smallest absolute Gasteiger partial charge is 0.306 e. The van der Waals surface area contributed by atoms with Gasteiger partial charge in [-0.2, -0.15) is 0 Å². The van der Waals surface area contributed by atoms with E-state index in [2.05, 4.69) is 6.92 Å². The number of aliphatic hydroxyl groups is 8. The van der Waals surface area contributed by atoms with Gasteiger partial charge in [0.05, 0.1) is 92.5 Å². The Bertz CT molecular complexity index is 740. The van der Waals surface area contributed by atoms with Gasteiger partial charge in [0.1, 0.15) is 42.7 Å². The lowest BCUT2D eigenvalue weighted by atomic mass is 10.0. The van der Waals surface area contributed by atoms with Crippen molar-refractivity contribution in [2.24, 2.45) is 0 Å². The Balaban J connectivity index is 5.12. The van der Waals surface area contributed by atoms with E-state index < -0.39 is 75.1 Å². The van der Waals surface area contributed by atoms with E-state index in [1.807, 2.05) is 0 Å². The Labute approximate surface area is 329 Å². The second-order valence-electron chi connectivity index (χ2n) is 14.2. The van der Waals surface area contributed by atoms with Crippen LogP contribution >= 0.6 is 0 Å². The number of hydrogen-bond donors (Lipinski definition) is 8. The van der Waals surface area contributed by atoms with Crippen molar-refractivity contribution in [3.05, 3.63) is 0 Å². The molecule has 8 N–H and O–H groups in total. The number of carbonyl (C=O) groups excluding carboxylic acids is 1. The first-order valence-electron chi connectivity index (χ1n) is 20.6. The summed E-state index contributed by atoms with van der Waals surface area (Å²) < 4.78 is 39.5. The normalized spacial score (nSPS) is 15.7. The molecular weight excluding hydrogens is 724 g/mol. The summed E-state index contributed by atoms with van der Waals surface area (Å²) in [5.41, 5.74) is 0. The van der Waals surface area contributed by atoms with Gasteiger partial charge in [-0.3, -0.25) is 4.79 Å². The van der Waals surface area contributed by atoms with E-state index in [4.69, 9.17) is 53.6 Å². The topological polar surface area (TPSA) is 244 Å². The number of rotatable bonds is 43. The van der Waals surface area contributed by atoms with Crippen LogP contribution in [-0.4, -0.2) is 182 Å². The summed E-state index contributed by atoms with van der Waals surface area (Å²) in [6.07, 6.45) is 11.5. The quantitative estimate of drug-likeness (QED) is 0.0321. The van der Waals surface area contributed by atoms with Gasteiger partial charge in [0, 0.05) is 6.42 Å². The molecule has 0 radical (unpaired) electrons. The maximum absolute atomic E-state index is 13.0. The molecule has 0 bridgehead atoms. The van der Waals surface area contributed by atoms with E-state index >= 15 is 0 Å². The van der Waals surface area contributed by atoms with Crippen LogP contribution in [0.5, 0.6) is 0 Å². The zero-order chi connectivity index (χ0) is 40.8. The molecule has 0 amide bonds. The number of carbonyl (C=O) groups is 1. The average molecular weight is 803 g/mol. The molecule has 0 aliphatic carbocycles. The lowest BCUT2D eigenvalue weighted by molar-refractivity contribution is -0.167. The van der Waals surface area contributed by atoms with Crippen LogP contribution in [0.25, 0.3) is 0 Å². The molecular formula is C39H78O16. The van der Waals surface area contributed by atoms with Crippen LogP contribution in [0, 0.1) is 0 Å². The first kappa shape index (κ1) is 53.9. The Morgan fingerprint density at radius 3 is 0.982 bits per heavy atom. The first-order valence-corrected chi connectivity index (χ1v) is 20.6. The van der Waals surface area contributed by atoms with E-state index in [0.717, 1.165) is 19.3 Å². The zero-order valence-electron chi connectivity index (χ0n) is 33.6. The van der Waals surface area contributed by atoms with E-state index in [1.54, 1.807) is 0 Å². The summed E-state index contributed by atoms with van der Waals surface area (Å²) in [7, 11) is 0. The molecule has 55 heavy (non-hydrogen) atoms. The monoisotopic (exact) mass is 803 g/mol. The highest BCUT2D eigenvalue weighted by Crippen LogP contribution is 2.14. The van der Waals surface area contributed by atoms with Crippen molar-refractivity contribution in [1.82, 2.24) is 0 Å². The van der Waals surface area contributed by atoms with E-state index in [1.165, 1.54) is 70.6 Å². The SMILES string of the molecule is CCCCCCCCCCCCCCCCCC(=O)OC(COC(COCC(O)CO)COCC(O)CO)COC(COCC(O)CO)COCC(O)CO. The molecule has 0 saturated carbocycles. The minimum absolute atomic E-state index is 0.0718. The van der Waals surface area contributed by atoms with Crippen molar-refractivity contribution in [3.63, 3.8) is 0 Å². The van der Waals surface area contributed by atoms with Gasteiger partial charge < -0.3 is 74.0 Å². The van der Waals surface area contributed by atoms with E-state index in [-0.39, 0.29) is 72.5 Å². The van der Waals surface area contributed by atoms with Gasteiger partial charge in [-0.1, -0.05) is 96.8 Å². The molecule has 4 unspecified atom stereocenters. The van der Waals surface area contributed by atoms with Gasteiger partial charge in [-0.15, -0.1) is 0 Å². The van der Waals surface area contributed by atoms with Crippen LogP contribution in [0.4, 0.5) is 0 Å². The highest BCUT2D eigenvalue weighted by atomic mass is 16.6. The molecule has 0 spiro atoms. The maximum atomic E-state index is 13.0. The summed E-state index contributed by atoms with van der Waals surface area (Å²) in [5, 5.41) is 75.0. The summed E-state index contributed by atoms with van der Waals surface area (Å²) in [6.45, 7) is -1.03. The molecule has 0 saturated heterocycles. The van der Waals surface area contributed by atoms with Crippen molar-refractivity contribution in [2.45, 2.75) is 152 Å². The first-order chi connectivity index (χ1) is 26.7. The van der Waals surface area contributed by atoms with Crippen LogP contribution in [0.15, 0.2) is 0 Å². The lowest BCUT2D eigenvalue weighted by Gasteiger charge is -2.25. The van der Waals surface area contributed by atoms with Gasteiger partial charge in [0.25, 0.3) is 0 Å². The van der Waals surface area contributed by atoms with Crippen LogP contribution in [0.1, 0.15) is 110 Å². The number of ether oxygens (including phenoxy) is 7. The Hall–Kier alpha value is -1.09. The molecule has 0 aromatic rings. The number of unbranched alkanes of at least 4 members (excludes halogenated alkanes) is 14. The van der Waals surface area contributed by atoms with E-state index in [0.29, 0.717) is 6.42 Å². The van der Waals surface area contributed by atoms with Gasteiger partial charge in [-0.05, 0) is 6.42 Å². The third-order valence-corrected chi connectivity index (χ3v) is 8.62. The summed E-state index contributed by atoms with van der Waals surface area (Å²) in [5.74, 6) is -0.436. The highest BCUT2D eigenvalue weighted by molar-refractivity contribution is 5.69. The third kappa shape index (κ3) is 35.8. The minimum Gasteiger partial charge on any atom is -0.457 e. The molecule has 16 nitrogen and oxygen atoms in total. The standard InChI is InChI=1S/C39H78O16/c1-2-3-4-5-6-7-8-9-10-11-12-13-14-15-16-17-39(48)55-38(30-53-36(26-49-22-32(44)18-40)27-50-23-33(45)19-41)31-54-37(28-51-24-34(46)20-42)29-52-25-35(47)21-43/h32-38,40-47H,2-31H2,1H3. The van der Waals surface area contributed by atoms with Gasteiger partial charge >= 0.3 is 5.97 Å². The highest BCUT2D eigenvalue weighted by Gasteiger charge is 2.22. The van der Waals surface area contributed by atoms with Gasteiger partial charge in [-0.25, -0.2) is 0 Å². The maximum Gasteiger partial charge on any atom is 0.306 e. The Morgan fingerprint density at radius 1 is 0.400 bits per heavy atom. The number of aliphatic hydroxyl groups excluding tert-OH is 8.